The predicted octanol–water partition coefficient (Wildman–Crippen LogP) is -0.925. The topological polar surface area (TPSA) is 97.3 Å². The molecule has 2 heterocycles. The molecule has 0 bridgehead atoms. The van der Waals surface area contributed by atoms with Gasteiger partial charge in [0.05, 0.1) is 0 Å². The Morgan fingerprint density at radius 3 is 2.67 bits per heavy atom. The molecule has 0 spiro atoms. The summed E-state index contributed by atoms with van der Waals surface area (Å²) in [5.74, 6) is -0.182. The second-order valence-corrected chi connectivity index (χ2v) is 5.16. The second-order valence-electron chi connectivity index (χ2n) is 5.16. The van der Waals surface area contributed by atoms with Gasteiger partial charge in [-0.05, 0) is 20.3 Å². The highest BCUT2D eigenvalue weighted by Gasteiger charge is 2.39. The van der Waals surface area contributed by atoms with Crippen LogP contribution in [0.3, 0.4) is 0 Å². The standard InChI is InChI=1S/C13H22N6O2/c1-3-17(4-2)13(21)11-5-10(14)6-19(11)12(20)7-18-9-15-8-16-18/h8-11H,3-7,14H2,1-2H3/t10-,11+/m1/s1. The minimum absolute atomic E-state index is 0.0279. The van der Waals surface area contributed by atoms with Crippen LogP contribution in [0.2, 0.25) is 0 Å². The van der Waals surface area contributed by atoms with E-state index in [1.54, 1.807) is 9.80 Å². The van der Waals surface area contributed by atoms with E-state index in [0.29, 0.717) is 26.1 Å². The van der Waals surface area contributed by atoms with Gasteiger partial charge in [-0.15, -0.1) is 0 Å². The lowest BCUT2D eigenvalue weighted by Gasteiger charge is -2.28. The van der Waals surface area contributed by atoms with Crippen molar-refractivity contribution in [2.75, 3.05) is 19.6 Å². The molecule has 0 radical (unpaired) electrons. The third-order valence-corrected chi connectivity index (χ3v) is 3.78. The highest BCUT2D eigenvalue weighted by Crippen LogP contribution is 2.19. The number of amides is 2. The van der Waals surface area contributed by atoms with Crippen LogP contribution in [0.15, 0.2) is 12.7 Å². The second kappa shape index (κ2) is 6.66. The molecule has 1 aliphatic rings. The van der Waals surface area contributed by atoms with E-state index in [0.717, 1.165) is 0 Å². The van der Waals surface area contributed by atoms with E-state index in [1.165, 1.54) is 17.3 Å². The number of hydrogen-bond donors (Lipinski definition) is 1. The maximum atomic E-state index is 12.5. The Morgan fingerprint density at radius 1 is 1.38 bits per heavy atom. The fourth-order valence-corrected chi connectivity index (χ4v) is 2.67. The van der Waals surface area contributed by atoms with Crippen LogP contribution in [0.4, 0.5) is 0 Å². The molecule has 1 fully saturated rings. The molecular weight excluding hydrogens is 272 g/mol. The van der Waals surface area contributed by atoms with Crippen molar-refractivity contribution < 1.29 is 9.59 Å². The molecule has 2 atom stereocenters. The van der Waals surface area contributed by atoms with E-state index in [9.17, 15) is 9.59 Å². The zero-order valence-electron chi connectivity index (χ0n) is 12.5. The summed E-state index contributed by atoms with van der Waals surface area (Å²) in [5, 5.41) is 3.92. The van der Waals surface area contributed by atoms with Crippen molar-refractivity contribution in [3.05, 3.63) is 12.7 Å². The number of carbonyl (C=O) groups is 2. The summed E-state index contributed by atoms with van der Waals surface area (Å²) in [7, 11) is 0. The summed E-state index contributed by atoms with van der Waals surface area (Å²) in [6, 6.07) is -0.620. The first-order chi connectivity index (χ1) is 10.1. The number of nitrogens with zero attached hydrogens (tertiary/aromatic N) is 5. The number of hydrogen-bond acceptors (Lipinski definition) is 5. The average Bonchev–Trinajstić information content (AvgIpc) is 3.09. The molecule has 8 heteroatoms. The Hall–Kier alpha value is -1.96. The lowest BCUT2D eigenvalue weighted by molar-refractivity contribution is -0.144. The number of carbonyl (C=O) groups excluding carboxylic acids is 2. The third-order valence-electron chi connectivity index (χ3n) is 3.78. The molecule has 1 aliphatic heterocycles. The van der Waals surface area contributed by atoms with Crippen LogP contribution in [-0.4, -0.2) is 68.1 Å². The minimum Gasteiger partial charge on any atom is -0.341 e. The quantitative estimate of drug-likeness (QED) is 0.757. The van der Waals surface area contributed by atoms with E-state index >= 15 is 0 Å². The normalized spacial score (nSPS) is 21.6. The number of likely N-dealkylation sites (tertiary alicyclic amines) is 1. The van der Waals surface area contributed by atoms with Crippen LogP contribution in [0.25, 0.3) is 0 Å². The van der Waals surface area contributed by atoms with Crippen LogP contribution in [0.1, 0.15) is 20.3 Å². The zero-order chi connectivity index (χ0) is 15.4. The maximum absolute atomic E-state index is 12.5. The first-order valence-corrected chi connectivity index (χ1v) is 7.23. The summed E-state index contributed by atoms with van der Waals surface area (Å²) < 4.78 is 1.45. The van der Waals surface area contributed by atoms with Crippen molar-refractivity contribution in [1.82, 2.24) is 24.6 Å². The van der Waals surface area contributed by atoms with Crippen molar-refractivity contribution in [3.63, 3.8) is 0 Å². The largest absolute Gasteiger partial charge is 0.341 e. The van der Waals surface area contributed by atoms with Crippen molar-refractivity contribution in [1.29, 1.82) is 0 Å². The molecule has 2 rings (SSSR count). The highest BCUT2D eigenvalue weighted by molar-refractivity contribution is 5.88. The van der Waals surface area contributed by atoms with E-state index in [4.69, 9.17) is 5.73 Å². The van der Waals surface area contributed by atoms with Crippen LogP contribution in [0, 0.1) is 0 Å². The van der Waals surface area contributed by atoms with Gasteiger partial charge in [-0.3, -0.25) is 9.59 Å². The molecule has 2 amide bonds. The molecule has 1 aromatic heterocycles. The van der Waals surface area contributed by atoms with Crippen molar-refractivity contribution in [2.45, 2.75) is 38.9 Å². The summed E-state index contributed by atoms with van der Waals surface area (Å²) in [6.45, 7) is 5.61. The molecule has 8 nitrogen and oxygen atoms in total. The van der Waals surface area contributed by atoms with E-state index in [-0.39, 0.29) is 24.4 Å². The summed E-state index contributed by atoms with van der Waals surface area (Å²) in [5.41, 5.74) is 5.95. The molecule has 21 heavy (non-hydrogen) atoms. The highest BCUT2D eigenvalue weighted by atomic mass is 16.2. The molecule has 2 N–H and O–H groups in total. The SMILES string of the molecule is CCN(CC)C(=O)[C@@H]1C[C@@H](N)CN1C(=O)Cn1cncn1. The molecule has 0 aliphatic carbocycles. The van der Waals surface area contributed by atoms with E-state index < -0.39 is 6.04 Å². The first-order valence-electron chi connectivity index (χ1n) is 7.23. The lowest BCUT2D eigenvalue weighted by atomic mass is 10.1. The van der Waals surface area contributed by atoms with Crippen LogP contribution < -0.4 is 5.73 Å². The Kier molecular flexibility index (Phi) is 4.89. The zero-order valence-corrected chi connectivity index (χ0v) is 12.5. The van der Waals surface area contributed by atoms with Gasteiger partial charge in [0.2, 0.25) is 11.8 Å². The third kappa shape index (κ3) is 3.38. The molecule has 1 saturated heterocycles. The minimum atomic E-state index is -0.462. The average molecular weight is 294 g/mol. The molecule has 0 saturated carbocycles. The molecular formula is C13H22N6O2. The predicted molar refractivity (Wildman–Crippen MR) is 76.0 cm³/mol. The van der Waals surface area contributed by atoms with Crippen LogP contribution >= 0.6 is 0 Å². The number of nitrogens with two attached hydrogens (primary N) is 1. The maximum Gasteiger partial charge on any atom is 0.245 e. The van der Waals surface area contributed by atoms with E-state index in [2.05, 4.69) is 10.1 Å². The van der Waals surface area contributed by atoms with Crippen molar-refractivity contribution in [2.24, 2.45) is 5.73 Å². The smallest absolute Gasteiger partial charge is 0.245 e. The van der Waals surface area contributed by atoms with Gasteiger partial charge in [-0.25, -0.2) is 9.67 Å². The van der Waals surface area contributed by atoms with Gasteiger partial charge >= 0.3 is 0 Å². The van der Waals surface area contributed by atoms with Gasteiger partial charge < -0.3 is 15.5 Å². The van der Waals surface area contributed by atoms with Crippen LogP contribution in [0.5, 0.6) is 0 Å². The Balaban J connectivity index is 2.09. The molecule has 116 valence electrons. The van der Waals surface area contributed by atoms with Gasteiger partial charge in [-0.2, -0.15) is 5.10 Å². The number of aromatic nitrogens is 3. The Bertz CT molecular complexity index is 485. The lowest BCUT2D eigenvalue weighted by Crippen LogP contribution is -2.48. The van der Waals surface area contributed by atoms with Crippen molar-refractivity contribution >= 4 is 11.8 Å². The van der Waals surface area contributed by atoms with Crippen LogP contribution in [-0.2, 0) is 16.1 Å². The first kappa shape index (κ1) is 15.4. The van der Waals surface area contributed by atoms with E-state index in [1.807, 2.05) is 13.8 Å². The monoisotopic (exact) mass is 294 g/mol. The van der Waals surface area contributed by atoms with Gasteiger partial charge in [0.15, 0.2) is 0 Å². The van der Waals surface area contributed by atoms with Gasteiger partial charge in [0.25, 0.3) is 0 Å². The number of likely N-dealkylation sites (N-methyl/N-ethyl adjacent to an activating group) is 1. The summed E-state index contributed by atoms with van der Waals surface area (Å²) in [6.07, 6.45) is 3.37. The summed E-state index contributed by atoms with van der Waals surface area (Å²) in [4.78, 5) is 32.0. The molecule has 1 aromatic rings. The Labute approximate surface area is 123 Å². The fourth-order valence-electron chi connectivity index (χ4n) is 2.67. The van der Waals surface area contributed by atoms with Gasteiger partial charge in [0, 0.05) is 25.7 Å². The van der Waals surface area contributed by atoms with Gasteiger partial charge in [0.1, 0.15) is 25.2 Å². The molecule has 0 aromatic carbocycles. The summed E-state index contributed by atoms with van der Waals surface area (Å²) >= 11 is 0. The Morgan fingerprint density at radius 2 is 2.10 bits per heavy atom. The molecule has 0 unspecified atom stereocenters. The number of rotatable bonds is 5. The fraction of sp³-hybridized carbons (Fsp3) is 0.692. The van der Waals surface area contributed by atoms with Crippen molar-refractivity contribution in [3.8, 4) is 0 Å². The van der Waals surface area contributed by atoms with Gasteiger partial charge in [-0.1, -0.05) is 0 Å².